The van der Waals surface area contributed by atoms with E-state index >= 15 is 0 Å². The van der Waals surface area contributed by atoms with Crippen molar-refractivity contribution in [2.45, 2.75) is 6.54 Å². The fraction of sp³-hybridized carbons (Fsp3) is 0.188. The Morgan fingerprint density at radius 3 is 2.10 bits per heavy atom. The van der Waals surface area contributed by atoms with E-state index in [4.69, 9.17) is 0 Å². The molecule has 0 aliphatic rings. The fourth-order valence-corrected chi connectivity index (χ4v) is 2.03. The zero-order valence-electron chi connectivity index (χ0n) is 11.7. The van der Waals surface area contributed by atoms with Crippen molar-refractivity contribution in [3.63, 3.8) is 0 Å². The van der Waals surface area contributed by atoms with Gasteiger partial charge in [0.15, 0.2) is 6.54 Å². The number of halogens is 2. The molecular weight excluding hydrogens is 274 g/mol. The van der Waals surface area contributed by atoms with E-state index < -0.39 is 0 Å². The third kappa shape index (κ3) is 4.96. The largest absolute Gasteiger partial charge is 0.326 e. The number of hydrogen-bond acceptors (Lipinski definition) is 1. The van der Waals surface area contributed by atoms with Gasteiger partial charge in [-0.25, -0.2) is 8.78 Å². The van der Waals surface area contributed by atoms with Gasteiger partial charge in [-0.05, 0) is 36.4 Å². The Morgan fingerprint density at radius 2 is 1.52 bits per heavy atom. The number of carbonyl (C=O) groups excluding carboxylic acids is 1. The van der Waals surface area contributed by atoms with Crippen molar-refractivity contribution in [2.75, 3.05) is 18.9 Å². The van der Waals surface area contributed by atoms with Crippen LogP contribution in [-0.4, -0.2) is 19.5 Å². The maximum absolute atomic E-state index is 12.8. The smallest absolute Gasteiger partial charge is 0.279 e. The molecule has 2 N–H and O–H groups in total. The van der Waals surface area contributed by atoms with Gasteiger partial charge in [-0.3, -0.25) is 4.79 Å². The highest BCUT2D eigenvalue weighted by Crippen LogP contribution is 2.07. The van der Waals surface area contributed by atoms with E-state index in [0.29, 0.717) is 12.2 Å². The van der Waals surface area contributed by atoms with Crippen molar-refractivity contribution in [3.8, 4) is 0 Å². The molecular formula is C16H17F2N2O+. The van der Waals surface area contributed by atoms with Gasteiger partial charge in [0, 0.05) is 11.3 Å². The van der Waals surface area contributed by atoms with Crippen LogP contribution in [-0.2, 0) is 11.3 Å². The number of rotatable bonds is 5. The average Bonchev–Trinajstić information content (AvgIpc) is 2.44. The van der Waals surface area contributed by atoms with Gasteiger partial charge in [0.05, 0.1) is 7.05 Å². The van der Waals surface area contributed by atoms with Crippen LogP contribution in [0.3, 0.4) is 0 Å². The standard InChI is InChI=1S/C16H16F2N2O/c1-20(10-12-2-4-13(17)5-3-12)11-16(21)19-15-8-6-14(18)7-9-15/h2-9H,10-11H2,1H3,(H,19,21)/p+1. The predicted octanol–water partition coefficient (Wildman–Crippen LogP) is 1.62. The predicted molar refractivity (Wildman–Crippen MR) is 76.9 cm³/mol. The number of anilines is 1. The van der Waals surface area contributed by atoms with Gasteiger partial charge in [0.1, 0.15) is 18.2 Å². The Balaban J connectivity index is 1.84. The highest BCUT2D eigenvalue weighted by molar-refractivity contribution is 5.91. The minimum Gasteiger partial charge on any atom is -0.326 e. The van der Waals surface area contributed by atoms with Crippen molar-refractivity contribution in [2.24, 2.45) is 0 Å². The minimum atomic E-state index is -0.341. The molecule has 0 saturated heterocycles. The Morgan fingerprint density at radius 1 is 1.00 bits per heavy atom. The molecule has 2 aromatic rings. The lowest BCUT2D eigenvalue weighted by Crippen LogP contribution is -3.08. The molecule has 0 fully saturated rings. The first-order valence-electron chi connectivity index (χ1n) is 6.64. The van der Waals surface area contributed by atoms with Crippen molar-refractivity contribution in [3.05, 3.63) is 65.7 Å². The van der Waals surface area contributed by atoms with E-state index in [-0.39, 0.29) is 24.1 Å². The van der Waals surface area contributed by atoms with E-state index in [2.05, 4.69) is 5.32 Å². The summed E-state index contributed by atoms with van der Waals surface area (Å²) < 4.78 is 25.6. The van der Waals surface area contributed by atoms with Gasteiger partial charge in [-0.1, -0.05) is 12.1 Å². The maximum Gasteiger partial charge on any atom is 0.279 e. The molecule has 0 aliphatic heterocycles. The van der Waals surface area contributed by atoms with Crippen molar-refractivity contribution in [1.82, 2.24) is 0 Å². The first-order valence-corrected chi connectivity index (χ1v) is 6.64. The molecule has 1 unspecified atom stereocenters. The molecule has 110 valence electrons. The summed E-state index contributed by atoms with van der Waals surface area (Å²) >= 11 is 0. The monoisotopic (exact) mass is 291 g/mol. The van der Waals surface area contributed by atoms with E-state index in [0.717, 1.165) is 10.5 Å². The number of carbonyl (C=O) groups is 1. The van der Waals surface area contributed by atoms with E-state index in [9.17, 15) is 13.6 Å². The number of likely N-dealkylation sites (N-methyl/N-ethyl adjacent to an activating group) is 1. The molecule has 1 atom stereocenters. The molecule has 0 spiro atoms. The first-order chi connectivity index (χ1) is 10.0. The summed E-state index contributed by atoms with van der Waals surface area (Å²) in [5.74, 6) is -0.765. The number of amides is 1. The van der Waals surface area contributed by atoms with Gasteiger partial charge < -0.3 is 10.2 Å². The van der Waals surface area contributed by atoms with Crippen molar-refractivity contribution < 1.29 is 18.5 Å². The number of nitrogens with one attached hydrogen (secondary N) is 2. The lowest BCUT2D eigenvalue weighted by molar-refractivity contribution is -0.885. The summed E-state index contributed by atoms with van der Waals surface area (Å²) in [7, 11) is 1.88. The van der Waals surface area contributed by atoms with Crippen LogP contribution in [0.15, 0.2) is 48.5 Å². The van der Waals surface area contributed by atoms with E-state index in [1.807, 2.05) is 7.05 Å². The van der Waals surface area contributed by atoms with Crippen LogP contribution in [0.5, 0.6) is 0 Å². The molecule has 2 aromatic carbocycles. The molecule has 2 rings (SSSR count). The van der Waals surface area contributed by atoms with Gasteiger partial charge >= 0.3 is 0 Å². The second-order valence-corrected chi connectivity index (χ2v) is 4.99. The molecule has 0 saturated carbocycles. The highest BCUT2D eigenvalue weighted by Gasteiger charge is 2.11. The fourth-order valence-electron chi connectivity index (χ4n) is 2.03. The molecule has 0 aromatic heterocycles. The molecule has 0 aliphatic carbocycles. The Kier molecular flexibility index (Phi) is 5.00. The summed E-state index contributed by atoms with van der Waals surface area (Å²) in [6, 6.07) is 11.8. The topological polar surface area (TPSA) is 33.5 Å². The zero-order valence-corrected chi connectivity index (χ0v) is 11.7. The summed E-state index contributed by atoms with van der Waals surface area (Å²) in [5.41, 5.74) is 1.53. The van der Waals surface area contributed by atoms with Crippen LogP contribution in [0.4, 0.5) is 14.5 Å². The quantitative estimate of drug-likeness (QED) is 0.862. The normalized spacial score (nSPS) is 12.0. The molecule has 0 heterocycles. The number of quaternary nitrogens is 1. The van der Waals surface area contributed by atoms with Crippen LogP contribution in [0, 0.1) is 11.6 Å². The average molecular weight is 291 g/mol. The van der Waals surface area contributed by atoms with E-state index in [1.165, 1.54) is 36.4 Å². The molecule has 21 heavy (non-hydrogen) atoms. The van der Waals surface area contributed by atoms with E-state index in [1.54, 1.807) is 12.1 Å². The van der Waals surface area contributed by atoms with Crippen molar-refractivity contribution >= 4 is 11.6 Å². The first kappa shape index (κ1) is 15.1. The Bertz CT molecular complexity index is 597. The summed E-state index contributed by atoms with van der Waals surface area (Å²) in [4.78, 5) is 12.8. The summed E-state index contributed by atoms with van der Waals surface area (Å²) in [6.45, 7) is 0.895. The Hall–Kier alpha value is -2.27. The SMILES string of the molecule is C[NH+](CC(=O)Nc1ccc(F)cc1)Cc1ccc(F)cc1. The molecule has 5 heteroatoms. The molecule has 0 radical (unpaired) electrons. The second-order valence-electron chi connectivity index (χ2n) is 4.99. The van der Waals surface area contributed by atoms with Gasteiger partial charge in [-0.2, -0.15) is 0 Å². The molecule has 3 nitrogen and oxygen atoms in total. The third-order valence-corrected chi connectivity index (χ3v) is 3.01. The van der Waals surface area contributed by atoms with Crippen LogP contribution in [0.25, 0.3) is 0 Å². The summed E-state index contributed by atoms with van der Waals surface area (Å²) in [5, 5.41) is 2.71. The van der Waals surface area contributed by atoms with Gasteiger partial charge in [0.25, 0.3) is 5.91 Å². The highest BCUT2D eigenvalue weighted by atomic mass is 19.1. The van der Waals surface area contributed by atoms with Crippen LogP contribution in [0.2, 0.25) is 0 Å². The maximum atomic E-state index is 12.8. The van der Waals surface area contributed by atoms with Gasteiger partial charge in [-0.15, -0.1) is 0 Å². The molecule has 1 amide bonds. The minimum absolute atomic E-state index is 0.152. The Labute approximate surface area is 122 Å². The van der Waals surface area contributed by atoms with Crippen LogP contribution < -0.4 is 10.2 Å². The lowest BCUT2D eigenvalue weighted by Gasteiger charge is -2.14. The summed E-state index contributed by atoms with van der Waals surface area (Å²) in [6.07, 6.45) is 0. The third-order valence-electron chi connectivity index (χ3n) is 3.01. The van der Waals surface area contributed by atoms with Crippen LogP contribution in [0.1, 0.15) is 5.56 Å². The lowest BCUT2D eigenvalue weighted by atomic mass is 10.2. The second kappa shape index (κ2) is 6.95. The van der Waals surface area contributed by atoms with Gasteiger partial charge in [0.2, 0.25) is 0 Å². The zero-order chi connectivity index (χ0) is 15.2. The van der Waals surface area contributed by atoms with Crippen molar-refractivity contribution in [1.29, 1.82) is 0 Å². The molecule has 0 bridgehead atoms. The number of hydrogen-bond donors (Lipinski definition) is 2. The van der Waals surface area contributed by atoms with Crippen LogP contribution >= 0.6 is 0 Å². The number of benzene rings is 2.